The third-order valence-electron chi connectivity index (χ3n) is 7.07. The summed E-state index contributed by atoms with van der Waals surface area (Å²) in [6, 6.07) is 1.91. The van der Waals surface area contributed by atoms with Gasteiger partial charge in [-0.25, -0.2) is 4.89 Å². The molecule has 6 nitrogen and oxygen atoms in total. The van der Waals surface area contributed by atoms with Crippen molar-refractivity contribution in [3.05, 3.63) is 12.2 Å². The first kappa shape index (κ1) is 19.8. The molecule has 0 amide bonds. The summed E-state index contributed by atoms with van der Waals surface area (Å²) in [6.07, 6.45) is 2.24. The number of aliphatic hydroxyl groups excluding tert-OH is 1. The van der Waals surface area contributed by atoms with E-state index in [4.69, 9.17) is 19.6 Å². The highest BCUT2D eigenvalue weighted by Crippen LogP contribution is 2.56. The number of nitrogens with zero attached hydrogens (tertiary/aromatic N) is 1. The molecule has 1 aliphatic carbocycles. The fourth-order valence-corrected chi connectivity index (χ4v) is 5.49. The van der Waals surface area contributed by atoms with Crippen molar-refractivity contribution in [1.29, 1.82) is 5.26 Å². The van der Waals surface area contributed by atoms with Gasteiger partial charge in [-0.15, -0.1) is 0 Å². The van der Waals surface area contributed by atoms with Gasteiger partial charge in [-0.1, -0.05) is 20.4 Å². The molecule has 3 rings (SSSR count). The molecule has 1 saturated carbocycles. The SMILES string of the molecule is C=C(C#N)[C@@H](O)C[C@H]1O[C@@H]2O[C@@H](C)CC[C@H]3[C@H](C)CC[C@@H]([C@H]1C)[C@@]23OO. The Morgan fingerprint density at radius 3 is 2.58 bits per heavy atom. The maximum atomic E-state index is 10.3. The summed E-state index contributed by atoms with van der Waals surface area (Å²) in [6.45, 7) is 9.92. The lowest BCUT2D eigenvalue weighted by atomic mass is 9.57. The Morgan fingerprint density at radius 1 is 1.23 bits per heavy atom. The molecular formula is C20H31NO5. The van der Waals surface area contributed by atoms with Gasteiger partial charge in [0.05, 0.1) is 30.0 Å². The highest BCUT2D eigenvalue weighted by atomic mass is 17.1. The number of rotatable bonds is 4. The summed E-state index contributed by atoms with van der Waals surface area (Å²) < 4.78 is 12.4. The van der Waals surface area contributed by atoms with E-state index < -0.39 is 18.0 Å². The third kappa shape index (κ3) is 3.10. The van der Waals surface area contributed by atoms with Crippen molar-refractivity contribution in [3.8, 4) is 6.07 Å². The highest BCUT2D eigenvalue weighted by Gasteiger charge is 2.64. The standard InChI is InChI=1S/C20H31NO5/c1-11-5-7-16-14(4)18(9-17(22)12(2)10-21)25-19-20(16,26-23)15(11)8-6-13(3)24-19/h11,13-19,22-23H,2,5-9H2,1,3-4H3/t11-,13+,14-,15+,16+,17+,18-,19+,20-/m1/s1. The minimum Gasteiger partial charge on any atom is -0.388 e. The quantitative estimate of drug-likeness (QED) is 0.451. The predicted octanol–water partition coefficient (Wildman–Crippen LogP) is 3.27. The Bertz CT molecular complexity index is 575. The van der Waals surface area contributed by atoms with Gasteiger partial charge in [0.1, 0.15) is 0 Å². The molecular weight excluding hydrogens is 334 g/mol. The first-order valence-corrected chi connectivity index (χ1v) is 9.75. The van der Waals surface area contributed by atoms with E-state index in [0.29, 0.717) is 12.3 Å². The van der Waals surface area contributed by atoms with Crippen LogP contribution in [0.15, 0.2) is 12.2 Å². The summed E-state index contributed by atoms with van der Waals surface area (Å²) in [5.74, 6) is 0.728. The lowest BCUT2D eigenvalue weighted by Crippen LogP contribution is -2.67. The number of nitriles is 1. The largest absolute Gasteiger partial charge is 0.388 e. The second-order valence-electron chi connectivity index (χ2n) is 8.49. The van der Waals surface area contributed by atoms with Crippen molar-refractivity contribution in [2.75, 3.05) is 0 Å². The zero-order valence-corrected chi connectivity index (χ0v) is 15.9. The maximum Gasteiger partial charge on any atom is 0.190 e. The molecule has 0 aromatic heterocycles. The van der Waals surface area contributed by atoms with Crippen LogP contribution in [0, 0.1) is 35.0 Å². The maximum absolute atomic E-state index is 10.3. The Labute approximate surface area is 155 Å². The van der Waals surface area contributed by atoms with E-state index in [1.54, 1.807) is 0 Å². The van der Waals surface area contributed by atoms with Gasteiger partial charge in [0.15, 0.2) is 11.9 Å². The van der Waals surface area contributed by atoms with Gasteiger partial charge < -0.3 is 14.6 Å². The molecule has 0 unspecified atom stereocenters. The van der Waals surface area contributed by atoms with Gasteiger partial charge in [-0.05, 0) is 50.4 Å². The first-order valence-electron chi connectivity index (χ1n) is 9.75. The van der Waals surface area contributed by atoms with Gasteiger partial charge in [0.25, 0.3) is 0 Å². The molecule has 26 heavy (non-hydrogen) atoms. The predicted molar refractivity (Wildman–Crippen MR) is 94.8 cm³/mol. The second kappa shape index (κ2) is 7.57. The average molecular weight is 365 g/mol. The van der Waals surface area contributed by atoms with Crippen molar-refractivity contribution in [2.24, 2.45) is 23.7 Å². The smallest absolute Gasteiger partial charge is 0.190 e. The topological polar surface area (TPSA) is 91.9 Å². The minimum absolute atomic E-state index is 0.0125. The molecule has 0 radical (unpaired) electrons. The van der Waals surface area contributed by atoms with Crippen LogP contribution in [0.25, 0.3) is 0 Å². The summed E-state index contributed by atoms with van der Waals surface area (Å²) in [4.78, 5) is 5.26. The highest BCUT2D eigenvalue weighted by molar-refractivity contribution is 5.21. The van der Waals surface area contributed by atoms with Crippen molar-refractivity contribution in [1.82, 2.24) is 0 Å². The molecule has 0 aromatic carbocycles. The van der Waals surface area contributed by atoms with Gasteiger partial charge in [-0.2, -0.15) is 5.26 Å². The van der Waals surface area contributed by atoms with Crippen LogP contribution in [0.4, 0.5) is 0 Å². The van der Waals surface area contributed by atoms with Crippen LogP contribution in [-0.2, 0) is 14.4 Å². The van der Waals surface area contributed by atoms with Gasteiger partial charge in [0, 0.05) is 12.3 Å². The summed E-state index contributed by atoms with van der Waals surface area (Å²) in [5.41, 5.74) is -0.725. The van der Waals surface area contributed by atoms with Crippen LogP contribution in [0.2, 0.25) is 0 Å². The fraction of sp³-hybridized carbons (Fsp3) is 0.850. The number of hydrogen-bond donors (Lipinski definition) is 2. The molecule has 2 aliphatic heterocycles. The van der Waals surface area contributed by atoms with Gasteiger partial charge in [0.2, 0.25) is 0 Å². The van der Waals surface area contributed by atoms with Crippen LogP contribution in [0.3, 0.4) is 0 Å². The summed E-state index contributed by atoms with van der Waals surface area (Å²) >= 11 is 0. The molecule has 3 fully saturated rings. The Morgan fingerprint density at radius 2 is 1.92 bits per heavy atom. The molecule has 0 spiro atoms. The molecule has 2 N–H and O–H groups in total. The molecule has 3 aliphatic rings. The number of hydrogen-bond acceptors (Lipinski definition) is 6. The van der Waals surface area contributed by atoms with Gasteiger partial charge in [-0.3, -0.25) is 5.26 Å². The number of aliphatic hydroxyl groups is 1. The van der Waals surface area contributed by atoms with Crippen molar-refractivity contribution in [2.45, 2.75) is 83.1 Å². The van der Waals surface area contributed by atoms with Crippen molar-refractivity contribution in [3.63, 3.8) is 0 Å². The van der Waals surface area contributed by atoms with E-state index in [9.17, 15) is 10.4 Å². The minimum atomic E-state index is -0.934. The molecule has 146 valence electrons. The summed E-state index contributed by atoms with van der Waals surface area (Å²) in [5, 5.41) is 29.3. The fourth-order valence-electron chi connectivity index (χ4n) is 5.49. The van der Waals surface area contributed by atoms with Crippen LogP contribution in [-0.4, -0.2) is 40.6 Å². The third-order valence-corrected chi connectivity index (χ3v) is 7.07. The van der Waals surface area contributed by atoms with E-state index in [2.05, 4.69) is 20.4 Å². The molecule has 0 bridgehead atoms. The first-order chi connectivity index (χ1) is 12.3. The molecule has 0 aromatic rings. The lowest BCUT2D eigenvalue weighted by Gasteiger charge is -2.58. The van der Waals surface area contributed by atoms with Gasteiger partial charge >= 0.3 is 0 Å². The van der Waals surface area contributed by atoms with Crippen LogP contribution < -0.4 is 0 Å². The van der Waals surface area contributed by atoms with Crippen LogP contribution >= 0.6 is 0 Å². The van der Waals surface area contributed by atoms with E-state index in [0.717, 1.165) is 25.7 Å². The normalized spacial score (nSPS) is 46.5. The van der Waals surface area contributed by atoms with Crippen LogP contribution in [0.1, 0.15) is 52.9 Å². The van der Waals surface area contributed by atoms with Crippen molar-refractivity contribution >= 4 is 0 Å². The molecule has 2 heterocycles. The Kier molecular flexibility index (Phi) is 5.76. The van der Waals surface area contributed by atoms with E-state index in [1.165, 1.54) is 0 Å². The zero-order valence-electron chi connectivity index (χ0n) is 15.9. The average Bonchev–Trinajstić information content (AvgIpc) is 2.77. The Hall–Kier alpha value is -0.970. The molecule has 6 heteroatoms. The molecule has 9 atom stereocenters. The number of ether oxygens (including phenoxy) is 2. The Balaban J connectivity index is 1.93. The van der Waals surface area contributed by atoms with E-state index in [-0.39, 0.29) is 35.5 Å². The molecule has 2 saturated heterocycles. The monoisotopic (exact) mass is 365 g/mol. The zero-order chi connectivity index (χ0) is 19.1. The van der Waals surface area contributed by atoms with E-state index in [1.807, 2.05) is 13.0 Å². The summed E-state index contributed by atoms with van der Waals surface area (Å²) in [7, 11) is 0. The lowest BCUT2D eigenvalue weighted by molar-refractivity contribution is -0.445. The van der Waals surface area contributed by atoms with Crippen LogP contribution in [0.5, 0.6) is 0 Å². The van der Waals surface area contributed by atoms with Crippen molar-refractivity contribution < 1.29 is 24.7 Å². The second-order valence-corrected chi connectivity index (χ2v) is 8.49. The van der Waals surface area contributed by atoms with E-state index >= 15 is 0 Å².